The van der Waals surface area contributed by atoms with Gasteiger partial charge in [-0.1, -0.05) is 20.4 Å². The molecule has 3 unspecified atom stereocenters. The molecule has 0 saturated heterocycles. The first kappa shape index (κ1) is 12.7. The topological polar surface area (TPSA) is 9.23 Å². The van der Waals surface area contributed by atoms with Crippen LogP contribution < -0.4 is 0 Å². The standard InChI is InChI=1S/C11H21OP/c1-6-8(2)11(5)12-9(3)7-10(4)13/h7,10-11H,2,6,13H2,1,3-5H3. The molecule has 0 saturated carbocycles. The highest BCUT2D eigenvalue weighted by Gasteiger charge is 2.05. The Morgan fingerprint density at radius 3 is 2.46 bits per heavy atom. The summed E-state index contributed by atoms with van der Waals surface area (Å²) in [6, 6.07) is 0. The highest BCUT2D eigenvalue weighted by molar-refractivity contribution is 7.17. The molecule has 3 atom stereocenters. The van der Waals surface area contributed by atoms with Crippen molar-refractivity contribution in [2.45, 2.75) is 45.9 Å². The average Bonchev–Trinajstić information content (AvgIpc) is 2.01. The van der Waals surface area contributed by atoms with Crippen molar-refractivity contribution in [1.29, 1.82) is 0 Å². The molecule has 0 aromatic heterocycles. The van der Waals surface area contributed by atoms with Gasteiger partial charge in [-0.3, -0.25) is 0 Å². The Bertz CT molecular complexity index is 194. The summed E-state index contributed by atoms with van der Waals surface area (Å²) < 4.78 is 5.66. The van der Waals surface area contributed by atoms with Gasteiger partial charge in [-0.2, -0.15) is 0 Å². The van der Waals surface area contributed by atoms with E-state index in [0.717, 1.165) is 17.8 Å². The molecule has 0 fully saturated rings. The first-order valence-corrected chi connectivity index (χ1v) is 5.42. The summed E-state index contributed by atoms with van der Waals surface area (Å²) in [5.74, 6) is 0.976. The third kappa shape index (κ3) is 5.87. The highest BCUT2D eigenvalue weighted by Crippen LogP contribution is 2.13. The molecule has 76 valence electrons. The number of ether oxygens (including phenoxy) is 1. The Morgan fingerprint density at radius 1 is 1.54 bits per heavy atom. The van der Waals surface area contributed by atoms with Crippen LogP contribution in [-0.4, -0.2) is 11.8 Å². The van der Waals surface area contributed by atoms with Crippen molar-refractivity contribution in [3.8, 4) is 0 Å². The second-order valence-corrected chi connectivity index (χ2v) is 4.46. The predicted octanol–water partition coefficient (Wildman–Crippen LogP) is 3.53. The third-order valence-corrected chi connectivity index (χ3v) is 2.08. The van der Waals surface area contributed by atoms with Gasteiger partial charge in [0.2, 0.25) is 0 Å². The van der Waals surface area contributed by atoms with Crippen LogP contribution in [0.3, 0.4) is 0 Å². The molecule has 0 heterocycles. The molecule has 0 amide bonds. The maximum atomic E-state index is 5.66. The number of rotatable bonds is 5. The van der Waals surface area contributed by atoms with E-state index in [2.05, 4.69) is 35.7 Å². The van der Waals surface area contributed by atoms with Crippen molar-refractivity contribution in [3.05, 3.63) is 24.0 Å². The molecule has 0 N–H and O–H groups in total. The summed E-state index contributed by atoms with van der Waals surface area (Å²) in [4.78, 5) is 0. The van der Waals surface area contributed by atoms with E-state index in [1.54, 1.807) is 0 Å². The van der Waals surface area contributed by atoms with Gasteiger partial charge in [-0.05, 0) is 37.6 Å². The van der Waals surface area contributed by atoms with Crippen molar-refractivity contribution in [3.63, 3.8) is 0 Å². The summed E-state index contributed by atoms with van der Waals surface area (Å²) in [6.07, 6.45) is 3.19. The zero-order chi connectivity index (χ0) is 10.4. The summed E-state index contributed by atoms with van der Waals surface area (Å²) in [6.45, 7) is 12.2. The van der Waals surface area contributed by atoms with Crippen LogP contribution in [0.15, 0.2) is 24.0 Å². The molecule has 0 aromatic carbocycles. The van der Waals surface area contributed by atoms with Crippen molar-refractivity contribution in [2.75, 3.05) is 0 Å². The van der Waals surface area contributed by atoms with Gasteiger partial charge in [0.25, 0.3) is 0 Å². The quantitative estimate of drug-likeness (QED) is 0.375. The van der Waals surface area contributed by atoms with E-state index in [1.165, 1.54) is 0 Å². The number of hydrogen-bond donors (Lipinski definition) is 0. The molecule has 13 heavy (non-hydrogen) atoms. The van der Waals surface area contributed by atoms with Gasteiger partial charge >= 0.3 is 0 Å². The maximum absolute atomic E-state index is 5.66. The largest absolute Gasteiger partial charge is 0.491 e. The van der Waals surface area contributed by atoms with Gasteiger partial charge < -0.3 is 4.74 Å². The Morgan fingerprint density at radius 2 is 2.08 bits per heavy atom. The van der Waals surface area contributed by atoms with Crippen molar-refractivity contribution < 1.29 is 4.74 Å². The monoisotopic (exact) mass is 200 g/mol. The van der Waals surface area contributed by atoms with Crippen LogP contribution in [0.1, 0.15) is 34.1 Å². The number of hydrogen-bond acceptors (Lipinski definition) is 1. The number of allylic oxidation sites excluding steroid dienone is 2. The van der Waals surface area contributed by atoms with Crippen LogP contribution >= 0.6 is 9.24 Å². The maximum Gasteiger partial charge on any atom is 0.116 e. The second kappa shape index (κ2) is 6.21. The Kier molecular flexibility index (Phi) is 6.07. The smallest absolute Gasteiger partial charge is 0.116 e. The fraction of sp³-hybridized carbons (Fsp3) is 0.636. The third-order valence-electron chi connectivity index (χ3n) is 1.89. The normalized spacial score (nSPS) is 16.5. The highest BCUT2D eigenvalue weighted by atomic mass is 31.0. The Balaban J connectivity index is 4.05. The van der Waals surface area contributed by atoms with E-state index in [4.69, 9.17) is 4.74 Å². The van der Waals surface area contributed by atoms with E-state index in [9.17, 15) is 0 Å². The molecule has 0 rings (SSSR count). The Labute approximate surface area is 84.5 Å². The van der Waals surface area contributed by atoms with Crippen LogP contribution in [-0.2, 0) is 4.74 Å². The van der Waals surface area contributed by atoms with Gasteiger partial charge in [0, 0.05) is 0 Å². The molecule has 0 aromatic rings. The molecule has 0 aliphatic carbocycles. The molecule has 1 nitrogen and oxygen atoms in total. The molecule has 0 bridgehead atoms. The summed E-state index contributed by atoms with van der Waals surface area (Å²) >= 11 is 0. The van der Waals surface area contributed by atoms with Gasteiger partial charge in [0.15, 0.2) is 0 Å². The zero-order valence-corrected chi connectivity index (χ0v) is 10.3. The van der Waals surface area contributed by atoms with Crippen LogP contribution in [0, 0.1) is 0 Å². The molecule has 0 aliphatic rings. The van der Waals surface area contributed by atoms with Crippen LogP contribution in [0.5, 0.6) is 0 Å². The molecular weight excluding hydrogens is 179 g/mol. The minimum Gasteiger partial charge on any atom is -0.491 e. The van der Waals surface area contributed by atoms with Gasteiger partial charge in [0.05, 0.1) is 5.76 Å². The lowest BCUT2D eigenvalue weighted by atomic mass is 10.1. The lowest BCUT2D eigenvalue weighted by Gasteiger charge is -2.17. The lowest BCUT2D eigenvalue weighted by Crippen LogP contribution is -2.09. The van der Waals surface area contributed by atoms with Crippen LogP contribution in [0.2, 0.25) is 0 Å². The molecule has 0 aliphatic heterocycles. The fourth-order valence-corrected chi connectivity index (χ4v) is 1.33. The first-order chi connectivity index (χ1) is 5.97. The SMILES string of the molecule is C=C(CC)C(C)OC(C)=CC(C)P. The molecular formula is C11H21OP. The second-order valence-electron chi connectivity index (χ2n) is 3.41. The van der Waals surface area contributed by atoms with Crippen LogP contribution in [0.4, 0.5) is 0 Å². The van der Waals surface area contributed by atoms with Crippen molar-refractivity contribution in [2.24, 2.45) is 0 Å². The van der Waals surface area contributed by atoms with E-state index in [0.29, 0.717) is 5.66 Å². The van der Waals surface area contributed by atoms with E-state index >= 15 is 0 Å². The zero-order valence-electron chi connectivity index (χ0n) is 9.13. The predicted molar refractivity (Wildman–Crippen MR) is 62.9 cm³/mol. The fourth-order valence-electron chi connectivity index (χ4n) is 1.06. The molecule has 2 heteroatoms. The average molecular weight is 200 g/mol. The first-order valence-electron chi connectivity index (χ1n) is 4.75. The molecule has 0 radical (unpaired) electrons. The molecule has 0 spiro atoms. The summed E-state index contributed by atoms with van der Waals surface area (Å²) in [5, 5.41) is 0. The van der Waals surface area contributed by atoms with Crippen molar-refractivity contribution in [1.82, 2.24) is 0 Å². The van der Waals surface area contributed by atoms with Crippen LogP contribution in [0.25, 0.3) is 0 Å². The van der Waals surface area contributed by atoms with E-state index in [-0.39, 0.29) is 6.10 Å². The van der Waals surface area contributed by atoms with Gasteiger partial charge in [-0.15, -0.1) is 9.24 Å². The van der Waals surface area contributed by atoms with Gasteiger partial charge in [-0.25, -0.2) is 0 Å². The lowest BCUT2D eigenvalue weighted by molar-refractivity contribution is 0.159. The van der Waals surface area contributed by atoms with E-state index in [1.807, 2.05) is 13.8 Å². The van der Waals surface area contributed by atoms with E-state index < -0.39 is 0 Å². The van der Waals surface area contributed by atoms with Gasteiger partial charge in [0.1, 0.15) is 6.10 Å². The Hall–Kier alpha value is -0.290. The van der Waals surface area contributed by atoms with Crippen molar-refractivity contribution >= 4 is 9.24 Å². The summed E-state index contributed by atoms with van der Waals surface area (Å²) in [7, 11) is 2.72. The summed E-state index contributed by atoms with van der Waals surface area (Å²) in [5.41, 5.74) is 1.60. The minimum atomic E-state index is 0.130. The minimum absolute atomic E-state index is 0.130.